The molecule has 2 aromatic rings. The molecule has 1 atom stereocenters. The van der Waals surface area contributed by atoms with Gasteiger partial charge in [0.1, 0.15) is 5.75 Å². The molecule has 0 heterocycles. The van der Waals surface area contributed by atoms with Crippen molar-refractivity contribution >= 4 is 11.6 Å². The molecular weight excluding hydrogens is 445 g/mol. The molecule has 0 spiro atoms. The fourth-order valence-corrected chi connectivity index (χ4v) is 3.19. The number of alkyl halides is 3. The Morgan fingerprint density at radius 3 is 2.38 bits per heavy atom. The minimum absolute atomic E-state index is 0.0902. The van der Waals surface area contributed by atoms with Gasteiger partial charge in [0.25, 0.3) is 0 Å². The number of amides is 1. The summed E-state index contributed by atoms with van der Waals surface area (Å²) in [5.74, 6) is -0.0144. The van der Waals surface area contributed by atoms with Gasteiger partial charge in [0, 0.05) is 19.2 Å². The van der Waals surface area contributed by atoms with E-state index in [1.165, 1.54) is 23.8 Å². The lowest BCUT2D eigenvalue weighted by Crippen LogP contribution is -2.30. The lowest BCUT2D eigenvalue weighted by molar-refractivity contribution is -0.274. The standard InChI is InChI=1S/C18H26N2O2.C8H7F3O/c1-5-13(3)15-9-7-8-14(10-11-21)18(15)16(19-4)12-20-17(22)6-2;1-6-2-4-7(5-3-6)12-8(9,10)11/h6-9,13,21H,2,5,10-12H2,1,3-4H3,(H,20,22);2-5H,1H3. The van der Waals surface area contributed by atoms with Gasteiger partial charge in [0.15, 0.2) is 0 Å². The third-order valence-corrected chi connectivity index (χ3v) is 5.14. The van der Waals surface area contributed by atoms with E-state index in [-0.39, 0.29) is 18.3 Å². The van der Waals surface area contributed by atoms with E-state index in [2.05, 4.69) is 41.5 Å². The first kappa shape index (κ1) is 28.9. The fourth-order valence-electron chi connectivity index (χ4n) is 3.19. The van der Waals surface area contributed by atoms with Gasteiger partial charge in [-0.05, 0) is 55.0 Å². The van der Waals surface area contributed by atoms with E-state index in [0.29, 0.717) is 18.9 Å². The normalized spacial score (nSPS) is 12.3. The Morgan fingerprint density at radius 2 is 1.88 bits per heavy atom. The average Bonchev–Trinajstić information content (AvgIpc) is 2.80. The number of nitrogens with zero attached hydrogens (tertiary/aromatic N) is 1. The highest BCUT2D eigenvalue weighted by Gasteiger charge is 2.30. The van der Waals surface area contributed by atoms with Gasteiger partial charge in [-0.15, -0.1) is 13.2 Å². The summed E-state index contributed by atoms with van der Waals surface area (Å²) in [5, 5.41) is 12.1. The highest BCUT2D eigenvalue weighted by molar-refractivity contribution is 6.06. The topological polar surface area (TPSA) is 70.9 Å². The van der Waals surface area contributed by atoms with E-state index >= 15 is 0 Å². The van der Waals surface area contributed by atoms with Crippen LogP contribution in [-0.2, 0) is 11.2 Å². The van der Waals surface area contributed by atoms with Crippen LogP contribution >= 0.6 is 0 Å². The van der Waals surface area contributed by atoms with Gasteiger partial charge < -0.3 is 15.2 Å². The molecule has 1 unspecified atom stereocenters. The van der Waals surface area contributed by atoms with Crippen LogP contribution in [0.15, 0.2) is 60.1 Å². The maximum Gasteiger partial charge on any atom is 0.573 e. The second kappa shape index (κ2) is 14.2. The van der Waals surface area contributed by atoms with Crippen molar-refractivity contribution in [1.82, 2.24) is 5.32 Å². The van der Waals surface area contributed by atoms with Crippen molar-refractivity contribution in [3.05, 3.63) is 77.4 Å². The minimum Gasteiger partial charge on any atom is -0.406 e. The number of benzene rings is 2. The molecule has 0 saturated heterocycles. The van der Waals surface area contributed by atoms with Gasteiger partial charge in [-0.2, -0.15) is 0 Å². The van der Waals surface area contributed by atoms with Crippen molar-refractivity contribution < 1.29 is 27.8 Å². The summed E-state index contributed by atoms with van der Waals surface area (Å²) in [7, 11) is 1.73. The summed E-state index contributed by atoms with van der Waals surface area (Å²) in [6.07, 6.45) is -1.75. The van der Waals surface area contributed by atoms with E-state index in [1.54, 1.807) is 26.1 Å². The summed E-state index contributed by atoms with van der Waals surface area (Å²) >= 11 is 0. The molecule has 2 N–H and O–H groups in total. The minimum atomic E-state index is -4.60. The second-order valence-corrected chi connectivity index (χ2v) is 7.62. The molecule has 0 bridgehead atoms. The molecule has 0 fully saturated rings. The Balaban J connectivity index is 0.000000404. The van der Waals surface area contributed by atoms with Crippen molar-refractivity contribution in [3.63, 3.8) is 0 Å². The Hall–Kier alpha value is -3.13. The van der Waals surface area contributed by atoms with Crippen molar-refractivity contribution in [1.29, 1.82) is 0 Å². The number of hydrogen-bond donors (Lipinski definition) is 2. The van der Waals surface area contributed by atoms with Crippen LogP contribution in [0.2, 0.25) is 0 Å². The van der Waals surface area contributed by atoms with Gasteiger partial charge in [0.05, 0.1) is 12.3 Å². The third kappa shape index (κ3) is 9.79. The number of aliphatic hydroxyl groups is 1. The highest BCUT2D eigenvalue weighted by Crippen LogP contribution is 2.26. The molecule has 2 rings (SSSR count). The van der Waals surface area contributed by atoms with Gasteiger partial charge in [-0.1, -0.05) is 56.3 Å². The summed E-state index contributed by atoms with van der Waals surface area (Å²) in [4.78, 5) is 15.8. The fraction of sp³-hybridized carbons (Fsp3) is 0.385. The Labute approximate surface area is 199 Å². The predicted octanol–water partition coefficient (Wildman–Crippen LogP) is 5.35. The second-order valence-electron chi connectivity index (χ2n) is 7.62. The van der Waals surface area contributed by atoms with E-state index in [4.69, 9.17) is 0 Å². The molecule has 0 radical (unpaired) electrons. The number of aliphatic imine (C=N–C) groups is 1. The number of carbonyl (C=O) groups is 1. The van der Waals surface area contributed by atoms with Crippen LogP contribution < -0.4 is 10.1 Å². The number of aryl methyl sites for hydroxylation is 1. The number of hydrogen-bond acceptors (Lipinski definition) is 4. The molecule has 0 aromatic heterocycles. The molecule has 34 heavy (non-hydrogen) atoms. The van der Waals surface area contributed by atoms with E-state index in [0.717, 1.165) is 28.8 Å². The number of nitrogens with one attached hydrogen (secondary N) is 1. The van der Waals surface area contributed by atoms with Gasteiger partial charge in [-0.25, -0.2) is 0 Å². The number of halogens is 3. The lowest BCUT2D eigenvalue weighted by atomic mass is 9.87. The highest BCUT2D eigenvalue weighted by atomic mass is 19.4. The summed E-state index contributed by atoms with van der Waals surface area (Å²) in [6.45, 7) is 10.0. The first-order valence-electron chi connectivity index (χ1n) is 11.0. The zero-order chi connectivity index (χ0) is 25.7. The van der Waals surface area contributed by atoms with Crippen LogP contribution in [-0.4, -0.2) is 43.3 Å². The maximum atomic E-state index is 11.6. The van der Waals surface area contributed by atoms with Gasteiger partial charge in [0.2, 0.25) is 5.91 Å². The quantitative estimate of drug-likeness (QED) is 0.377. The zero-order valence-electron chi connectivity index (χ0n) is 20.1. The van der Waals surface area contributed by atoms with Crippen LogP contribution in [0.1, 0.15) is 48.4 Å². The van der Waals surface area contributed by atoms with Gasteiger partial charge in [-0.3, -0.25) is 9.79 Å². The molecule has 0 aliphatic rings. The molecule has 2 aromatic carbocycles. The summed E-state index contributed by atoms with van der Waals surface area (Å²) in [5.41, 5.74) is 5.05. The molecule has 0 aliphatic carbocycles. The largest absolute Gasteiger partial charge is 0.573 e. The summed E-state index contributed by atoms with van der Waals surface area (Å²) in [6, 6.07) is 11.8. The summed E-state index contributed by atoms with van der Waals surface area (Å²) < 4.78 is 38.5. The molecule has 5 nitrogen and oxygen atoms in total. The SMILES string of the molecule is C=CC(=O)NCC(=NC)c1c(CCO)cccc1C(C)CC.Cc1ccc(OC(F)(F)F)cc1. The number of rotatable bonds is 9. The number of carbonyl (C=O) groups excluding carboxylic acids is 1. The van der Waals surface area contributed by atoms with E-state index < -0.39 is 6.36 Å². The average molecular weight is 479 g/mol. The molecule has 0 aliphatic heterocycles. The lowest BCUT2D eigenvalue weighted by Gasteiger charge is -2.20. The first-order chi connectivity index (χ1) is 16.1. The Kier molecular flexibility index (Phi) is 12.1. The van der Waals surface area contributed by atoms with Crippen molar-refractivity contribution in [3.8, 4) is 5.75 Å². The van der Waals surface area contributed by atoms with E-state index in [9.17, 15) is 23.1 Å². The molecule has 0 saturated carbocycles. The van der Waals surface area contributed by atoms with Crippen LogP contribution in [0.25, 0.3) is 0 Å². The zero-order valence-corrected chi connectivity index (χ0v) is 20.1. The maximum absolute atomic E-state index is 11.6. The van der Waals surface area contributed by atoms with Crippen LogP contribution in [0.5, 0.6) is 5.75 Å². The Bertz CT molecular complexity index is 955. The molecule has 8 heteroatoms. The van der Waals surface area contributed by atoms with Gasteiger partial charge >= 0.3 is 6.36 Å². The van der Waals surface area contributed by atoms with Crippen molar-refractivity contribution in [2.24, 2.45) is 4.99 Å². The third-order valence-electron chi connectivity index (χ3n) is 5.14. The van der Waals surface area contributed by atoms with Crippen LogP contribution in [0.3, 0.4) is 0 Å². The van der Waals surface area contributed by atoms with Crippen LogP contribution in [0.4, 0.5) is 13.2 Å². The first-order valence-corrected chi connectivity index (χ1v) is 11.0. The predicted molar refractivity (Wildman–Crippen MR) is 129 cm³/mol. The van der Waals surface area contributed by atoms with E-state index in [1.807, 2.05) is 12.1 Å². The monoisotopic (exact) mass is 478 g/mol. The molecule has 186 valence electrons. The van der Waals surface area contributed by atoms with Crippen molar-refractivity contribution in [2.45, 2.75) is 45.9 Å². The smallest absolute Gasteiger partial charge is 0.406 e. The van der Waals surface area contributed by atoms with Crippen molar-refractivity contribution in [2.75, 3.05) is 20.2 Å². The number of aliphatic hydroxyl groups excluding tert-OH is 1. The Morgan fingerprint density at radius 1 is 1.24 bits per heavy atom. The molecule has 1 amide bonds. The molecular formula is C26H33F3N2O3. The van der Waals surface area contributed by atoms with Crippen LogP contribution in [0, 0.1) is 6.92 Å². The number of ether oxygens (including phenoxy) is 1.